The van der Waals surface area contributed by atoms with Gasteiger partial charge in [-0.25, -0.2) is 8.42 Å². The molecule has 1 unspecified atom stereocenters. The lowest BCUT2D eigenvalue weighted by Gasteiger charge is -2.18. The van der Waals surface area contributed by atoms with Crippen molar-refractivity contribution in [3.63, 3.8) is 0 Å². The number of thioether (sulfide) groups is 1. The molecule has 0 fully saturated rings. The zero-order valence-electron chi connectivity index (χ0n) is 18.8. The van der Waals surface area contributed by atoms with Crippen LogP contribution in [0.2, 0.25) is 0 Å². The van der Waals surface area contributed by atoms with Crippen LogP contribution in [0.25, 0.3) is 11.5 Å². The summed E-state index contributed by atoms with van der Waals surface area (Å²) in [5.74, 6) is 0.181. The molecule has 0 radical (unpaired) electrons. The van der Waals surface area contributed by atoms with Gasteiger partial charge in [-0.15, -0.1) is 10.2 Å². The van der Waals surface area contributed by atoms with Crippen LogP contribution in [0.15, 0.2) is 57.0 Å². The maximum absolute atomic E-state index is 12.8. The van der Waals surface area contributed by atoms with E-state index in [-0.39, 0.29) is 21.8 Å². The average molecular weight is 474 g/mol. The van der Waals surface area contributed by atoms with E-state index in [2.05, 4.69) is 10.2 Å². The predicted molar refractivity (Wildman–Crippen MR) is 125 cm³/mol. The van der Waals surface area contributed by atoms with Crippen molar-refractivity contribution in [1.82, 2.24) is 14.5 Å². The minimum Gasteiger partial charge on any atom is -0.411 e. The molecule has 0 bridgehead atoms. The molecule has 2 aromatic carbocycles. The smallest absolute Gasteiger partial charge is 0.277 e. The number of aromatic nitrogens is 2. The van der Waals surface area contributed by atoms with Gasteiger partial charge in [0.2, 0.25) is 15.9 Å². The van der Waals surface area contributed by atoms with Gasteiger partial charge in [0.1, 0.15) is 0 Å². The minimum absolute atomic E-state index is 0.0230. The third kappa shape index (κ3) is 5.11. The number of carbonyl (C=O) groups is 1. The first-order valence-electron chi connectivity index (χ1n) is 10.4. The molecule has 3 rings (SSSR count). The van der Waals surface area contributed by atoms with Gasteiger partial charge >= 0.3 is 0 Å². The molecule has 3 aromatic rings. The molecule has 1 atom stereocenters. The lowest BCUT2D eigenvalue weighted by atomic mass is 10.0. The molecular formula is C23H27N3O4S2. The molecule has 7 nitrogen and oxygen atoms in total. The van der Waals surface area contributed by atoms with E-state index in [4.69, 9.17) is 4.42 Å². The van der Waals surface area contributed by atoms with Crippen LogP contribution in [-0.2, 0) is 10.0 Å². The normalized spacial score (nSPS) is 12.8. The highest BCUT2D eigenvalue weighted by atomic mass is 32.2. The number of hydrogen-bond donors (Lipinski definition) is 0. The summed E-state index contributed by atoms with van der Waals surface area (Å²) in [6.07, 6.45) is 0. The Morgan fingerprint density at radius 2 is 1.78 bits per heavy atom. The molecule has 0 aliphatic heterocycles. The third-order valence-corrected chi connectivity index (χ3v) is 8.25. The van der Waals surface area contributed by atoms with E-state index < -0.39 is 15.3 Å². The Balaban J connectivity index is 1.78. The highest BCUT2D eigenvalue weighted by Gasteiger charge is 2.24. The summed E-state index contributed by atoms with van der Waals surface area (Å²) in [4.78, 5) is 13.0. The third-order valence-electron chi connectivity index (χ3n) is 5.27. The molecule has 32 heavy (non-hydrogen) atoms. The fourth-order valence-corrected chi connectivity index (χ4v) is 5.48. The van der Waals surface area contributed by atoms with E-state index in [9.17, 15) is 13.2 Å². The van der Waals surface area contributed by atoms with E-state index in [0.717, 1.165) is 11.1 Å². The Morgan fingerprint density at radius 3 is 2.44 bits per heavy atom. The minimum atomic E-state index is -3.60. The second-order valence-corrected chi connectivity index (χ2v) is 10.6. The van der Waals surface area contributed by atoms with Crippen molar-refractivity contribution in [3.8, 4) is 11.5 Å². The lowest BCUT2D eigenvalue weighted by Crippen LogP contribution is -2.30. The van der Waals surface area contributed by atoms with Gasteiger partial charge in [0.25, 0.3) is 5.22 Å². The molecule has 0 spiro atoms. The first kappa shape index (κ1) is 24.2. The quantitative estimate of drug-likeness (QED) is 0.327. The van der Waals surface area contributed by atoms with Gasteiger partial charge in [-0.2, -0.15) is 4.31 Å². The summed E-state index contributed by atoms with van der Waals surface area (Å²) in [6, 6.07) is 12.1. The standard InChI is InChI=1S/C23H27N3O4S2/c1-6-26(7-2)32(28,29)20-10-8-9-19(14-20)22-24-25-23(30-22)31-17(5)21(27)18-12-11-15(3)16(4)13-18/h8-14,17H,6-7H2,1-5H3. The number of hydrogen-bond acceptors (Lipinski definition) is 7. The molecule has 0 N–H and O–H groups in total. The van der Waals surface area contributed by atoms with Crippen molar-refractivity contribution in [2.45, 2.75) is 50.0 Å². The second kappa shape index (κ2) is 9.97. The number of benzene rings is 2. The molecule has 0 saturated carbocycles. The molecular weight excluding hydrogens is 446 g/mol. The van der Waals surface area contributed by atoms with Gasteiger partial charge in [-0.05, 0) is 56.2 Å². The van der Waals surface area contributed by atoms with Crippen LogP contribution in [0.4, 0.5) is 0 Å². The summed E-state index contributed by atoms with van der Waals surface area (Å²) >= 11 is 1.18. The summed E-state index contributed by atoms with van der Waals surface area (Å²) in [5, 5.41) is 7.92. The first-order chi connectivity index (χ1) is 15.2. The Labute approximate surface area is 193 Å². The molecule has 0 aliphatic carbocycles. The number of carbonyl (C=O) groups excluding carboxylic acids is 1. The van der Waals surface area contributed by atoms with Gasteiger partial charge in [0.15, 0.2) is 5.78 Å². The molecule has 170 valence electrons. The van der Waals surface area contributed by atoms with Crippen LogP contribution in [-0.4, -0.2) is 47.0 Å². The SMILES string of the molecule is CCN(CC)S(=O)(=O)c1cccc(-c2nnc(SC(C)C(=O)c3ccc(C)c(C)c3)o2)c1. The van der Waals surface area contributed by atoms with Crippen molar-refractivity contribution in [1.29, 1.82) is 0 Å². The maximum Gasteiger partial charge on any atom is 0.277 e. The number of ketones is 1. The zero-order valence-corrected chi connectivity index (χ0v) is 20.5. The van der Waals surface area contributed by atoms with Crippen LogP contribution in [0, 0.1) is 13.8 Å². The Kier molecular flexibility index (Phi) is 7.53. The van der Waals surface area contributed by atoms with Gasteiger partial charge in [-0.1, -0.05) is 43.8 Å². The summed E-state index contributed by atoms with van der Waals surface area (Å²) in [6.45, 7) is 10.1. The highest BCUT2D eigenvalue weighted by Crippen LogP contribution is 2.29. The van der Waals surface area contributed by atoms with E-state index in [1.807, 2.05) is 32.0 Å². The number of Topliss-reactive ketones (excluding diaryl/α,β-unsaturated/α-hetero) is 1. The Hall–Kier alpha value is -2.49. The predicted octanol–water partition coefficient (Wildman–Crippen LogP) is 4.75. The number of aryl methyl sites for hydroxylation is 2. The number of sulfonamides is 1. The van der Waals surface area contributed by atoms with E-state index in [0.29, 0.717) is 24.2 Å². The summed E-state index contributed by atoms with van der Waals surface area (Å²) in [5.41, 5.74) is 3.34. The van der Waals surface area contributed by atoms with Crippen molar-refractivity contribution in [3.05, 3.63) is 59.2 Å². The van der Waals surface area contributed by atoms with Crippen molar-refractivity contribution in [2.24, 2.45) is 0 Å². The second-order valence-electron chi connectivity index (χ2n) is 7.41. The van der Waals surface area contributed by atoms with Gasteiger partial charge < -0.3 is 4.42 Å². The van der Waals surface area contributed by atoms with Crippen LogP contribution >= 0.6 is 11.8 Å². The average Bonchev–Trinajstić information content (AvgIpc) is 3.24. The lowest BCUT2D eigenvalue weighted by molar-refractivity contribution is 0.0993. The van der Waals surface area contributed by atoms with E-state index in [1.54, 1.807) is 39.0 Å². The van der Waals surface area contributed by atoms with E-state index in [1.165, 1.54) is 22.1 Å². The van der Waals surface area contributed by atoms with Crippen molar-refractivity contribution in [2.75, 3.05) is 13.1 Å². The van der Waals surface area contributed by atoms with Crippen LogP contribution in [0.3, 0.4) is 0 Å². The largest absolute Gasteiger partial charge is 0.411 e. The maximum atomic E-state index is 12.8. The highest BCUT2D eigenvalue weighted by molar-refractivity contribution is 8.00. The number of nitrogens with zero attached hydrogens (tertiary/aromatic N) is 3. The van der Waals surface area contributed by atoms with Crippen molar-refractivity contribution < 1.29 is 17.6 Å². The molecule has 9 heteroatoms. The van der Waals surface area contributed by atoms with Crippen LogP contribution in [0.5, 0.6) is 0 Å². The molecule has 1 heterocycles. The van der Waals surface area contributed by atoms with Gasteiger partial charge in [-0.3, -0.25) is 4.79 Å². The van der Waals surface area contributed by atoms with Gasteiger partial charge in [0.05, 0.1) is 10.1 Å². The Morgan fingerprint density at radius 1 is 1.06 bits per heavy atom. The van der Waals surface area contributed by atoms with Crippen LogP contribution in [0.1, 0.15) is 42.3 Å². The monoisotopic (exact) mass is 473 g/mol. The van der Waals surface area contributed by atoms with Crippen LogP contribution < -0.4 is 0 Å². The topological polar surface area (TPSA) is 93.4 Å². The fraction of sp³-hybridized carbons (Fsp3) is 0.348. The Bertz CT molecular complexity index is 1220. The first-order valence-corrected chi connectivity index (χ1v) is 12.7. The van der Waals surface area contributed by atoms with Gasteiger partial charge in [0, 0.05) is 24.2 Å². The fourth-order valence-electron chi connectivity index (χ4n) is 3.21. The van der Waals surface area contributed by atoms with Crippen molar-refractivity contribution >= 4 is 27.6 Å². The molecule has 0 saturated heterocycles. The molecule has 0 aliphatic rings. The molecule has 1 aromatic heterocycles. The van der Waals surface area contributed by atoms with E-state index >= 15 is 0 Å². The zero-order chi connectivity index (χ0) is 23.5. The molecule has 0 amide bonds. The summed E-state index contributed by atoms with van der Waals surface area (Å²) < 4.78 is 32.7. The summed E-state index contributed by atoms with van der Waals surface area (Å²) in [7, 11) is -3.60. The number of rotatable bonds is 9.